The summed E-state index contributed by atoms with van der Waals surface area (Å²) in [6.07, 6.45) is 4.94. The van der Waals surface area contributed by atoms with E-state index in [0.29, 0.717) is 43.1 Å². The minimum Gasteiger partial charge on any atom is -0.388 e. The molecule has 6 nitrogen and oxygen atoms in total. The molecule has 7 heteroatoms. The van der Waals surface area contributed by atoms with E-state index in [0.717, 1.165) is 25.7 Å². The van der Waals surface area contributed by atoms with Crippen LogP contribution in [0, 0.1) is 5.82 Å². The van der Waals surface area contributed by atoms with Crippen molar-refractivity contribution in [1.82, 2.24) is 15.5 Å². The zero-order chi connectivity index (χ0) is 17.7. The van der Waals surface area contributed by atoms with Gasteiger partial charge in [0.1, 0.15) is 5.82 Å². The monoisotopic (exact) mass is 347 g/mol. The molecule has 0 spiro atoms. The highest BCUT2D eigenvalue weighted by atomic mass is 19.1. The van der Waals surface area contributed by atoms with Crippen LogP contribution in [-0.2, 0) is 11.2 Å². The lowest BCUT2D eigenvalue weighted by atomic mass is 10.0. The highest BCUT2D eigenvalue weighted by molar-refractivity contribution is 5.75. The second-order valence-electron chi connectivity index (χ2n) is 6.58. The number of aromatic nitrogens is 2. The quantitative estimate of drug-likeness (QED) is 0.804. The Morgan fingerprint density at radius 3 is 2.72 bits per heavy atom. The summed E-state index contributed by atoms with van der Waals surface area (Å²) in [4.78, 5) is 16.1. The number of carbonyl (C=O) groups is 1. The Kier molecular flexibility index (Phi) is 5.43. The van der Waals surface area contributed by atoms with Gasteiger partial charge >= 0.3 is 0 Å². The molecule has 134 valence electrons. The van der Waals surface area contributed by atoms with Gasteiger partial charge in [-0.2, -0.15) is 4.98 Å². The van der Waals surface area contributed by atoms with E-state index in [-0.39, 0.29) is 11.7 Å². The summed E-state index contributed by atoms with van der Waals surface area (Å²) in [5, 5.41) is 16.9. The number of rotatable bonds is 7. The van der Waals surface area contributed by atoms with Crippen molar-refractivity contribution in [3.63, 3.8) is 0 Å². The molecule has 2 aromatic rings. The molecule has 1 aliphatic carbocycles. The van der Waals surface area contributed by atoms with Crippen LogP contribution >= 0.6 is 0 Å². The third-order valence-electron chi connectivity index (χ3n) is 4.51. The van der Waals surface area contributed by atoms with Crippen molar-refractivity contribution in [3.8, 4) is 11.4 Å². The molecule has 2 N–H and O–H groups in total. The van der Waals surface area contributed by atoms with Crippen LogP contribution in [0.3, 0.4) is 0 Å². The van der Waals surface area contributed by atoms with Gasteiger partial charge in [0, 0.05) is 24.9 Å². The molecule has 1 aliphatic rings. The molecule has 25 heavy (non-hydrogen) atoms. The van der Waals surface area contributed by atoms with Crippen molar-refractivity contribution in [3.05, 3.63) is 36.0 Å². The first-order valence-corrected chi connectivity index (χ1v) is 8.62. The first kappa shape index (κ1) is 17.5. The largest absolute Gasteiger partial charge is 0.388 e. The van der Waals surface area contributed by atoms with Gasteiger partial charge < -0.3 is 14.9 Å². The van der Waals surface area contributed by atoms with Gasteiger partial charge in [-0.3, -0.25) is 4.79 Å². The van der Waals surface area contributed by atoms with Crippen molar-refractivity contribution in [2.24, 2.45) is 0 Å². The van der Waals surface area contributed by atoms with Gasteiger partial charge in [-0.1, -0.05) is 18.0 Å². The van der Waals surface area contributed by atoms with E-state index in [1.54, 1.807) is 12.1 Å². The third kappa shape index (κ3) is 4.85. The van der Waals surface area contributed by atoms with Crippen LogP contribution in [0.25, 0.3) is 11.4 Å². The van der Waals surface area contributed by atoms with Crippen molar-refractivity contribution in [2.45, 2.75) is 50.5 Å². The van der Waals surface area contributed by atoms with Crippen molar-refractivity contribution in [1.29, 1.82) is 0 Å². The SMILES string of the molecule is O=C(CCCc1nc(-c2ccc(F)cc2)no1)NCC1(O)CCCC1. The predicted molar refractivity (Wildman–Crippen MR) is 89.1 cm³/mol. The zero-order valence-corrected chi connectivity index (χ0v) is 14.0. The number of amides is 1. The third-order valence-corrected chi connectivity index (χ3v) is 4.51. The van der Waals surface area contributed by atoms with Crippen LogP contribution in [0.4, 0.5) is 4.39 Å². The molecule has 1 aromatic heterocycles. The average Bonchev–Trinajstić information content (AvgIpc) is 3.24. The van der Waals surface area contributed by atoms with Crippen LogP contribution in [0.15, 0.2) is 28.8 Å². The number of hydrogen-bond acceptors (Lipinski definition) is 5. The summed E-state index contributed by atoms with van der Waals surface area (Å²) in [7, 11) is 0. The molecule has 0 atom stereocenters. The summed E-state index contributed by atoms with van der Waals surface area (Å²) in [6.45, 7) is 0.321. The molecule has 0 bridgehead atoms. The Labute approximate surface area is 145 Å². The number of aliphatic hydroxyl groups is 1. The van der Waals surface area contributed by atoms with Crippen LogP contribution in [0.5, 0.6) is 0 Å². The summed E-state index contributed by atoms with van der Waals surface area (Å²) in [5.74, 6) is 0.448. The Morgan fingerprint density at radius 2 is 2.00 bits per heavy atom. The molecule has 0 saturated heterocycles. The Morgan fingerprint density at radius 1 is 1.28 bits per heavy atom. The van der Waals surface area contributed by atoms with E-state index < -0.39 is 5.60 Å². The van der Waals surface area contributed by atoms with Crippen LogP contribution < -0.4 is 5.32 Å². The summed E-state index contributed by atoms with van der Waals surface area (Å²) in [5.41, 5.74) is -0.0504. The van der Waals surface area contributed by atoms with Crippen molar-refractivity contribution in [2.75, 3.05) is 6.54 Å². The standard InChI is InChI=1S/C18H22FN3O3/c19-14-8-6-13(7-9-14)17-21-16(25-22-17)5-3-4-15(23)20-12-18(24)10-1-2-11-18/h6-9,24H,1-5,10-12H2,(H,20,23). The Bertz CT molecular complexity index is 709. The van der Waals surface area contributed by atoms with Gasteiger partial charge in [-0.25, -0.2) is 4.39 Å². The molecule has 0 radical (unpaired) electrons. The maximum atomic E-state index is 12.9. The number of hydrogen-bond donors (Lipinski definition) is 2. The lowest BCUT2D eigenvalue weighted by Crippen LogP contribution is -2.40. The summed E-state index contributed by atoms with van der Waals surface area (Å²) >= 11 is 0. The smallest absolute Gasteiger partial charge is 0.226 e. The maximum Gasteiger partial charge on any atom is 0.226 e. The fraction of sp³-hybridized carbons (Fsp3) is 0.500. The summed E-state index contributed by atoms with van der Waals surface area (Å²) < 4.78 is 18.1. The van der Waals surface area contributed by atoms with Crippen LogP contribution in [-0.4, -0.2) is 33.3 Å². The van der Waals surface area contributed by atoms with Crippen LogP contribution in [0.1, 0.15) is 44.4 Å². The van der Waals surface area contributed by atoms with Crippen molar-refractivity contribution < 1.29 is 18.8 Å². The first-order valence-electron chi connectivity index (χ1n) is 8.62. The fourth-order valence-corrected chi connectivity index (χ4v) is 3.03. The van der Waals surface area contributed by atoms with Gasteiger partial charge in [-0.05, 0) is 43.5 Å². The van der Waals surface area contributed by atoms with Crippen molar-refractivity contribution >= 4 is 5.91 Å². The van der Waals surface area contributed by atoms with Gasteiger partial charge in [0.2, 0.25) is 17.6 Å². The average molecular weight is 347 g/mol. The molecular weight excluding hydrogens is 325 g/mol. The molecule has 3 rings (SSSR count). The molecule has 0 unspecified atom stereocenters. The predicted octanol–water partition coefficient (Wildman–Crippen LogP) is 2.62. The minimum absolute atomic E-state index is 0.0846. The van der Waals surface area contributed by atoms with E-state index in [1.807, 2.05) is 0 Å². The topological polar surface area (TPSA) is 88.2 Å². The van der Waals surface area contributed by atoms with Crippen LogP contribution in [0.2, 0.25) is 0 Å². The van der Waals surface area contributed by atoms with Gasteiger partial charge in [0.15, 0.2) is 0 Å². The number of nitrogens with zero attached hydrogens (tertiary/aromatic N) is 2. The number of carbonyl (C=O) groups excluding carboxylic acids is 1. The number of benzene rings is 1. The molecular formula is C18H22FN3O3. The zero-order valence-electron chi connectivity index (χ0n) is 14.0. The van der Waals surface area contributed by atoms with Gasteiger partial charge in [0.25, 0.3) is 0 Å². The number of halogens is 1. The van der Waals surface area contributed by atoms with E-state index >= 15 is 0 Å². The van der Waals surface area contributed by atoms with E-state index in [1.165, 1.54) is 12.1 Å². The molecule has 1 heterocycles. The molecule has 1 amide bonds. The lowest BCUT2D eigenvalue weighted by molar-refractivity contribution is -0.122. The highest BCUT2D eigenvalue weighted by Crippen LogP contribution is 2.28. The Balaban J connectivity index is 1.41. The second-order valence-corrected chi connectivity index (χ2v) is 6.58. The normalized spacial score (nSPS) is 16.1. The number of aryl methyl sites for hydroxylation is 1. The molecule has 1 aromatic carbocycles. The number of nitrogens with one attached hydrogen (secondary N) is 1. The first-order chi connectivity index (χ1) is 12.0. The maximum absolute atomic E-state index is 12.9. The van der Waals surface area contributed by atoms with E-state index in [2.05, 4.69) is 15.5 Å². The van der Waals surface area contributed by atoms with Gasteiger partial charge in [0.05, 0.1) is 5.60 Å². The lowest BCUT2D eigenvalue weighted by Gasteiger charge is -2.22. The van der Waals surface area contributed by atoms with Gasteiger partial charge in [-0.15, -0.1) is 0 Å². The minimum atomic E-state index is -0.730. The fourth-order valence-electron chi connectivity index (χ4n) is 3.03. The summed E-state index contributed by atoms with van der Waals surface area (Å²) in [6, 6.07) is 5.86. The highest BCUT2D eigenvalue weighted by Gasteiger charge is 2.31. The molecule has 1 saturated carbocycles. The molecule has 0 aliphatic heterocycles. The van der Waals surface area contributed by atoms with E-state index in [9.17, 15) is 14.3 Å². The molecule has 1 fully saturated rings. The second kappa shape index (κ2) is 7.74. The Hall–Kier alpha value is -2.28. The van der Waals surface area contributed by atoms with E-state index in [4.69, 9.17) is 4.52 Å².